The summed E-state index contributed by atoms with van der Waals surface area (Å²) in [5.74, 6) is 0.388. The molecule has 1 saturated heterocycles. The van der Waals surface area contributed by atoms with Crippen molar-refractivity contribution < 1.29 is 4.79 Å². The highest BCUT2D eigenvalue weighted by molar-refractivity contribution is 5.93. The Kier molecular flexibility index (Phi) is 4.28. The van der Waals surface area contributed by atoms with E-state index < -0.39 is 0 Å². The van der Waals surface area contributed by atoms with E-state index in [1.54, 1.807) is 46.9 Å². The molecule has 4 rings (SSSR count). The van der Waals surface area contributed by atoms with Crippen LogP contribution in [-0.2, 0) is 13.6 Å². The van der Waals surface area contributed by atoms with Gasteiger partial charge < -0.3 is 4.90 Å². The lowest BCUT2D eigenvalue weighted by Gasteiger charge is -2.32. The molecule has 0 atom stereocenters. The number of carbonyl (C=O) groups excluding carboxylic acids is 1. The van der Waals surface area contributed by atoms with Crippen molar-refractivity contribution in [2.75, 3.05) is 13.1 Å². The lowest BCUT2D eigenvalue weighted by atomic mass is 9.96. The van der Waals surface area contributed by atoms with Gasteiger partial charge in [-0.2, -0.15) is 0 Å². The molecule has 3 aromatic rings. The van der Waals surface area contributed by atoms with Crippen LogP contribution < -0.4 is 5.69 Å². The predicted octanol–water partition coefficient (Wildman–Crippen LogP) is 1.68. The Morgan fingerprint density at radius 1 is 1.19 bits per heavy atom. The molecule has 7 heteroatoms. The second-order valence-electron chi connectivity index (χ2n) is 6.78. The van der Waals surface area contributed by atoms with E-state index in [2.05, 4.69) is 9.97 Å². The Bertz CT molecular complexity index is 984. The van der Waals surface area contributed by atoms with Crippen LogP contribution in [0, 0.1) is 5.92 Å². The molecule has 0 aliphatic carbocycles. The maximum Gasteiger partial charge on any atom is 0.330 e. The van der Waals surface area contributed by atoms with E-state index in [4.69, 9.17) is 0 Å². The summed E-state index contributed by atoms with van der Waals surface area (Å²) in [5.41, 5.74) is 2.17. The van der Waals surface area contributed by atoms with Crippen molar-refractivity contribution in [1.29, 1.82) is 0 Å². The molecule has 1 aliphatic rings. The van der Waals surface area contributed by atoms with Crippen LogP contribution in [-0.4, -0.2) is 43.0 Å². The van der Waals surface area contributed by atoms with Gasteiger partial charge in [-0.3, -0.25) is 18.9 Å². The summed E-state index contributed by atoms with van der Waals surface area (Å²) in [5, 5.41) is 0. The molecule has 26 heavy (non-hydrogen) atoms. The topological polar surface area (TPSA) is 73.0 Å². The van der Waals surface area contributed by atoms with Crippen LogP contribution in [0.1, 0.15) is 23.2 Å². The summed E-state index contributed by atoms with van der Waals surface area (Å²) in [6.07, 6.45) is 6.74. The fourth-order valence-corrected chi connectivity index (χ4v) is 3.65. The monoisotopic (exact) mass is 351 g/mol. The van der Waals surface area contributed by atoms with Crippen LogP contribution in [0.15, 0.2) is 47.7 Å². The van der Waals surface area contributed by atoms with Crippen LogP contribution in [0.2, 0.25) is 0 Å². The maximum atomic E-state index is 12.5. The third kappa shape index (κ3) is 2.89. The number of hydrogen-bond acceptors (Lipinski definition) is 4. The number of aryl methyl sites for hydroxylation is 1. The van der Waals surface area contributed by atoms with E-state index in [1.807, 2.05) is 17.0 Å². The SMILES string of the molecule is Cn1c(=O)n(CC2CCN(C(=O)c3cccnc3)CC2)c2ncccc21. The van der Waals surface area contributed by atoms with Gasteiger partial charge in [0.2, 0.25) is 0 Å². The lowest BCUT2D eigenvalue weighted by Crippen LogP contribution is -2.40. The van der Waals surface area contributed by atoms with Crippen LogP contribution in [0.25, 0.3) is 11.2 Å². The molecule has 7 nitrogen and oxygen atoms in total. The summed E-state index contributed by atoms with van der Waals surface area (Å²) >= 11 is 0. The van der Waals surface area contributed by atoms with Crippen molar-refractivity contribution in [1.82, 2.24) is 24.0 Å². The molecule has 3 aromatic heterocycles. The van der Waals surface area contributed by atoms with E-state index in [-0.39, 0.29) is 11.6 Å². The molecular weight excluding hydrogens is 330 g/mol. The first-order valence-electron chi connectivity index (χ1n) is 8.84. The fourth-order valence-electron chi connectivity index (χ4n) is 3.65. The summed E-state index contributed by atoms with van der Waals surface area (Å²) in [4.78, 5) is 35.3. The second kappa shape index (κ2) is 6.74. The van der Waals surface area contributed by atoms with Gasteiger partial charge in [-0.15, -0.1) is 0 Å². The van der Waals surface area contributed by atoms with Crippen LogP contribution in [0.3, 0.4) is 0 Å². The number of aromatic nitrogens is 4. The van der Waals surface area contributed by atoms with Crippen molar-refractivity contribution in [3.05, 3.63) is 58.9 Å². The van der Waals surface area contributed by atoms with E-state index in [9.17, 15) is 9.59 Å². The Morgan fingerprint density at radius 2 is 1.96 bits per heavy atom. The standard InChI is InChI=1S/C19H21N5O2/c1-22-16-5-3-9-21-17(16)24(19(22)26)13-14-6-10-23(11-7-14)18(25)15-4-2-8-20-12-15/h2-5,8-9,12,14H,6-7,10-11,13H2,1H3. The van der Waals surface area contributed by atoms with Crippen LogP contribution >= 0.6 is 0 Å². The number of rotatable bonds is 3. The van der Waals surface area contributed by atoms with Gasteiger partial charge in [0.05, 0.1) is 11.1 Å². The molecular formula is C19H21N5O2. The highest BCUT2D eigenvalue weighted by Crippen LogP contribution is 2.21. The summed E-state index contributed by atoms with van der Waals surface area (Å²) in [6.45, 7) is 2.04. The normalized spacial score (nSPS) is 15.5. The first-order chi connectivity index (χ1) is 12.6. The number of nitrogens with zero attached hydrogens (tertiary/aromatic N) is 5. The Balaban J connectivity index is 1.46. The average molecular weight is 351 g/mol. The minimum absolute atomic E-state index is 0.0283. The molecule has 0 radical (unpaired) electrons. The number of fused-ring (bicyclic) bond motifs is 1. The van der Waals surface area contributed by atoms with Gasteiger partial charge in [-0.05, 0) is 43.0 Å². The fraction of sp³-hybridized carbons (Fsp3) is 0.368. The van der Waals surface area contributed by atoms with Crippen molar-refractivity contribution in [2.24, 2.45) is 13.0 Å². The van der Waals surface area contributed by atoms with Gasteiger partial charge in [0, 0.05) is 45.3 Å². The number of imidazole rings is 1. The van der Waals surface area contributed by atoms with Gasteiger partial charge in [-0.25, -0.2) is 9.78 Å². The summed E-state index contributed by atoms with van der Waals surface area (Å²) < 4.78 is 3.40. The number of pyridine rings is 2. The molecule has 1 fully saturated rings. The molecule has 0 saturated carbocycles. The van der Waals surface area contributed by atoms with E-state index >= 15 is 0 Å². The zero-order valence-corrected chi connectivity index (χ0v) is 14.7. The first-order valence-corrected chi connectivity index (χ1v) is 8.84. The minimum Gasteiger partial charge on any atom is -0.339 e. The van der Waals surface area contributed by atoms with Crippen molar-refractivity contribution in [2.45, 2.75) is 19.4 Å². The van der Waals surface area contributed by atoms with Gasteiger partial charge in [0.1, 0.15) is 0 Å². The molecule has 0 unspecified atom stereocenters. The van der Waals surface area contributed by atoms with Gasteiger partial charge >= 0.3 is 5.69 Å². The average Bonchev–Trinajstić information content (AvgIpc) is 2.94. The third-order valence-corrected chi connectivity index (χ3v) is 5.15. The van der Waals surface area contributed by atoms with E-state index in [0.29, 0.717) is 31.1 Å². The van der Waals surface area contributed by atoms with Crippen molar-refractivity contribution in [3.8, 4) is 0 Å². The largest absolute Gasteiger partial charge is 0.339 e. The highest BCUT2D eigenvalue weighted by Gasteiger charge is 2.25. The number of likely N-dealkylation sites (tertiary alicyclic amines) is 1. The molecule has 1 amide bonds. The van der Waals surface area contributed by atoms with Gasteiger partial charge in [0.15, 0.2) is 5.65 Å². The van der Waals surface area contributed by atoms with Crippen molar-refractivity contribution in [3.63, 3.8) is 0 Å². The predicted molar refractivity (Wildman–Crippen MR) is 97.8 cm³/mol. The number of piperidine rings is 1. The molecule has 0 spiro atoms. The Hall–Kier alpha value is -2.96. The van der Waals surface area contributed by atoms with Gasteiger partial charge in [0.25, 0.3) is 5.91 Å². The lowest BCUT2D eigenvalue weighted by molar-refractivity contribution is 0.0682. The summed E-state index contributed by atoms with van der Waals surface area (Å²) in [6, 6.07) is 7.33. The van der Waals surface area contributed by atoms with Crippen LogP contribution in [0.5, 0.6) is 0 Å². The number of hydrogen-bond donors (Lipinski definition) is 0. The molecule has 1 aliphatic heterocycles. The number of amides is 1. The minimum atomic E-state index is -0.0347. The van der Waals surface area contributed by atoms with E-state index in [1.165, 1.54) is 0 Å². The number of carbonyl (C=O) groups is 1. The quantitative estimate of drug-likeness (QED) is 0.720. The van der Waals surface area contributed by atoms with E-state index in [0.717, 1.165) is 24.0 Å². The Labute approximate surface area is 150 Å². The zero-order chi connectivity index (χ0) is 18.1. The summed E-state index contributed by atoms with van der Waals surface area (Å²) in [7, 11) is 1.78. The molecule has 0 N–H and O–H groups in total. The zero-order valence-electron chi connectivity index (χ0n) is 14.7. The third-order valence-electron chi connectivity index (χ3n) is 5.15. The Morgan fingerprint density at radius 3 is 2.69 bits per heavy atom. The van der Waals surface area contributed by atoms with Gasteiger partial charge in [-0.1, -0.05) is 0 Å². The molecule has 0 bridgehead atoms. The molecule has 0 aromatic carbocycles. The van der Waals surface area contributed by atoms with Crippen molar-refractivity contribution >= 4 is 17.1 Å². The second-order valence-corrected chi connectivity index (χ2v) is 6.78. The highest BCUT2D eigenvalue weighted by atomic mass is 16.2. The maximum absolute atomic E-state index is 12.5. The molecule has 134 valence electrons. The smallest absolute Gasteiger partial charge is 0.330 e. The van der Waals surface area contributed by atoms with Crippen LogP contribution in [0.4, 0.5) is 0 Å². The first kappa shape index (κ1) is 16.5. The molecule has 4 heterocycles.